The van der Waals surface area contributed by atoms with Gasteiger partial charge < -0.3 is 5.32 Å². The molecule has 1 unspecified atom stereocenters. The average molecular weight is 252 g/mol. The molecule has 98 valence electrons. The number of hydrogen-bond acceptors (Lipinski definition) is 2. The van der Waals surface area contributed by atoms with Crippen LogP contribution >= 0.6 is 0 Å². The summed E-state index contributed by atoms with van der Waals surface area (Å²) in [5.74, 6) is 0.799. The van der Waals surface area contributed by atoms with Crippen molar-refractivity contribution < 1.29 is 0 Å². The largest absolute Gasteiger partial charge is 0.312 e. The molecular weight excluding hydrogens is 232 g/mol. The molecule has 2 heteroatoms. The number of rotatable bonds is 4. The van der Waals surface area contributed by atoms with E-state index in [1.165, 1.54) is 35.6 Å². The topological polar surface area (TPSA) is 24.9 Å². The van der Waals surface area contributed by atoms with Crippen LogP contribution in [0.3, 0.4) is 0 Å². The Morgan fingerprint density at radius 1 is 1.16 bits per heavy atom. The third-order valence-corrected chi connectivity index (χ3v) is 3.88. The molecule has 1 N–H and O–H groups in total. The number of nitrogens with zero attached hydrogens (tertiary/aromatic N) is 1. The van der Waals surface area contributed by atoms with Gasteiger partial charge in [0.05, 0.1) is 0 Å². The van der Waals surface area contributed by atoms with Gasteiger partial charge >= 0.3 is 0 Å². The molecule has 2 aromatic rings. The van der Waals surface area contributed by atoms with E-state index in [0.717, 1.165) is 19.0 Å². The second kappa shape index (κ2) is 5.98. The van der Waals surface area contributed by atoms with Gasteiger partial charge in [-0.1, -0.05) is 36.4 Å². The van der Waals surface area contributed by atoms with Crippen LogP contribution in [0.4, 0.5) is 0 Å². The minimum Gasteiger partial charge on any atom is -0.312 e. The van der Waals surface area contributed by atoms with Gasteiger partial charge in [0.2, 0.25) is 0 Å². The molecule has 0 amide bonds. The van der Waals surface area contributed by atoms with Gasteiger partial charge in [0.25, 0.3) is 0 Å². The molecule has 0 saturated carbocycles. The molecule has 0 aliphatic heterocycles. The van der Waals surface area contributed by atoms with Crippen molar-refractivity contribution in [2.24, 2.45) is 5.92 Å². The van der Waals surface area contributed by atoms with Gasteiger partial charge in [-0.2, -0.15) is 0 Å². The van der Waals surface area contributed by atoms with Crippen molar-refractivity contribution in [3.63, 3.8) is 0 Å². The average Bonchev–Trinajstić information content (AvgIpc) is 2.49. The Kier molecular flexibility index (Phi) is 3.89. The molecule has 1 atom stereocenters. The first-order valence-corrected chi connectivity index (χ1v) is 7.11. The molecular formula is C17H20N2. The van der Waals surface area contributed by atoms with Gasteiger partial charge in [0.15, 0.2) is 0 Å². The van der Waals surface area contributed by atoms with E-state index in [1.807, 2.05) is 12.4 Å². The van der Waals surface area contributed by atoms with Gasteiger partial charge in [-0.05, 0) is 42.7 Å². The normalized spacial score (nSPS) is 18.8. The monoisotopic (exact) mass is 252 g/mol. The number of hydrogen-bond donors (Lipinski definition) is 1. The summed E-state index contributed by atoms with van der Waals surface area (Å²) < 4.78 is 0. The summed E-state index contributed by atoms with van der Waals surface area (Å²) in [5, 5.41) is 6.13. The molecule has 1 aromatic carbocycles. The number of pyridine rings is 1. The van der Waals surface area contributed by atoms with E-state index in [-0.39, 0.29) is 0 Å². The minimum absolute atomic E-state index is 0.799. The highest BCUT2D eigenvalue weighted by molar-refractivity contribution is 5.84. The lowest BCUT2D eigenvalue weighted by molar-refractivity contribution is 0.441. The molecule has 19 heavy (non-hydrogen) atoms. The van der Waals surface area contributed by atoms with Crippen molar-refractivity contribution in [3.8, 4) is 0 Å². The SMILES string of the molecule is C1=CCC(CNCc2cncc3ccccc23)CC1. The van der Waals surface area contributed by atoms with Crippen LogP contribution in [0.15, 0.2) is 48.8 Å². The summed E-state index contributed by atoms with van der Waals surface area (Å²) in [7, 11) is 0. The first-order valence-electron chi connectivity index (χ1n) is 7.11. The Bertz CT molecular complexity index is 569. The minimum atomic E-state index is 0.799. The quantitative estimate of drug-likeness (QED) is 0.840. The van der Waals surface area contributed by atoms with Gasteiger partial charge in [-0.25, -0.2) is 0 Å². The predicted octanol–water partition coefficient (Wildman–Crippen LogP) is 3.68. The summed E-state index contributed by atoms with van der Waals surface area (Å²) >= 11 is 0. The standard InChI is InChI=1S/C17H20N2/c1-2-6-14(7-3-1)10-18-12-16-13-19-11-15-8-4-5-9-17(15)16/h1-2,4-5,8-9,11,13-14,18H,3,6-7,10,12H2. The van der Waals surface area contributed by atoms with E-state index in [2.05, 4.69) is 46.7 Å². The molecule has 0 bridgehead atoms. The summed E-state index contributed by atoms with van der Waals surface area (Å²) in [6, 6.07) is 8.46. The number of aromatic nitrogens is 1. The van der Waals surface area contributed by atoms with Crippen molar-refractivity contribution in [2.45, 2.75) is 25.8 Å². The van der Waals surface area contributed by atoms with Gasteiger partial charge in [-0.3, -0.25) is 4.98 Å². The molecule has 0 radical (unpaired) electrons. The lowest BCUT2D eigenvalue weighted by Gasteiger charge is -2.18. The third-order valence-electron chi connectivity index (χ3n) is 3.88. The van der Waals surface area contributed by atoms with Crippen molar-refractivity contribution in [1.82, 2.24) is 10.3 Å². The number of allylic oxidation sites excluding steroid dienone is 2. The van der Waals surface area contributed by atoms with Crippen LogP contribution in [0.1, 0.15) is 24.8 Å². The van der Waals surface area contributed by atoms with Crippen LogP contribution in [0.2, 0.25) is 0 Å². The third kappa shape index (κ3) is 3.02. The van der Waals surface area contributed by atoms with E-state index in [0.29, 0.717) is 0 Å². The molecule has 2 nitrogen and oxygen atoms in total. The summed E-state index contributed by atoms with van der Waals surface area (Å²) in [4.78, 5) is 4.33. The van der Waals surface area contributed by atoms with Crippen LogP contribution in [0, 0.1) is 5.92 Å². The van der Waals surface area contributed by atoms with Crippen molar-refractivity contribution >= 4 is 10.8 Å². The summed E-state index contributed by atoms with van der Waals surface area (Å²) in [5.41, 5.74) is 1.30. The zero-order chi connectivity index (χ0) is 12.9. The maximum atomic E-state index is 4.33. The van der Waals surface area contributed by atoms with Crippen LogP contribution in [-0.2, 0) is 6.54 Å². The zero-order valence-corrected chi connectivity index (χ0v) is 11.2. The van der Waals surface area contributed by atoms with E-state index in [1.54, 1.807) is 0 Å². The number of fused-ring (bicyclic) bond motifs is 1. The summed E-state index contributed by atoms with van der Waals surface area (Å²) in [6.45, 7) is 2.02. The molecule has 0 fully saturated rings. The Labute approximate surface area is 114 Å². The maximum absolute atomic E-state index is 4.33. The van der Waals surface area contributed by atoms with Gasteiger partial charge in [-0.15, -0.1) is 0 Å². The molecule has 1 aliphatic carbocycles. The first-order chi connectivity index (χ1) is 9.43. The molecule has 1 aliphatic rings. The molecule has 0 saturated heterocycles. The molecule has 0 spiro atoms. The molecule has 3 rings (SSSR count). The zero-order valence-electron chi connectivity index (χ0n) is 11.2. The lowest BCUT2D eigenvalue weighted by atomic mass is 9.94. The van der Waals surface area contributed by atoms with Gasteiger partial charge in [0.1, 0.15) is 0 Å². The smallest absolute Gasteiger partial charge is 0.0346 e. The number of nitrogens with one attached hydrogen (secondary N) is 1. The maximum Gasteiger partial charge on any atom is 0.0346 e. The highest BCUT2D eigenvalue weighted by Crippen LogP contribution is 2.19. The fraction of sp³-hybridized carbons (Fsp3) is 0.353. The van der Waals surface area contributed by atoms with Crippen molar-refractivity contribution in [2.75, 3.05) is 6.54 Å². The van der Waals surface area contributed by atoms with Crippen molar-refractivity contribution in [3.05, 3.63) is 54.4 Å². The Hall–Kier alpha value is -1.67. The van der Waals surface area contributed by atoms with Gasteiger partial charge in [0, 0.05) is 24.3 Å². The van der Waals surface area contributed by atoms with E-state index < -0.39 is 0 Å². The van der Waals surface area contributed by atoms with Crippen molar-refractivity contribution in [1.29, 1.82) is 0 Å². The molecule has 1 aromatic heterocycles. The second-order valence-electron chi connectivity index (χ2n) is 5.30. The van der Waals surface area contributed by atoms with Crippen LogP contribution in [0.25, 0.3) is 10.8 Å². The fourth-order valence-corrected chi connectivity index (χ4v) is 2.77. The van der Waals surface area contributed by atoms with E-state index in [4.69, 9.17) is 0 Å². The van der Waals surface area contributed by atoms with Crippen LogP contribution in [-0.4, -0.2) is 11.5 Å². The Balaban J connectivity index is 1.63. The second-order valence-corrected chi connectivity index (χ2v) is 5.30. The van der Waals surface area contributed by atoms with E-state index in [9.17, 15) is 0 Å². The van der Waals surface area contributed by atoms with Crippen LogP contribution < -0.4 is 5.32 Å². The highest BCUT2D eigenvalue weighted by atomic mass is 14.9. The Morgan fingerprint density at radius 3 is 3.00 bits per heavy atom. The lowest BCUT2D eigenvalue weighted by Crippen LogP contribution is -2.23. The fourth-order valence-electron chi connectivity index (χ4n) is 2.77. The number of benzene rings is 1. The predicted molar refractivity (Wildman–Crippen MR) is 79.9 cm³/mol. The highest BCUT2D eigenvalue weighted by Gasteiger charge is 2.09. The summed E-state index contributed by atoms with van der Waals surface area (Å²) in [6.07, 6.45) is 12.3. The van der Waals surface area contributed by atoms with Crippen LogP contribution in [0.5, 0.6) is 0 Å². The first kappa shape index (κ1) is 12.4. The van der Waals surface area contributed by atoms with E-state index >= 15 is 0 Å². The Morgan fingerprint density at radius 2 is 2.11 bits per heavy atom. The molecule has 1 heterocycles.